The maximum atomic E-state index is 13.1. The Labute approximate surface area is 182 Å². The standard InChI is InChI=1S/C22H28FNO6S/c1-16(2)13-22(25)24(11-12-28-3)15-17-5-10-20(29-4)21(14-17)30-31(26,27)19-8-6-18(23)7-9-19/h5-10,14,16H,11-13,15H2,1-4H3. The number of hydrogen-bond acceptors (Lipinski definition) is 6. The quantitative estimate of drug-likeness (QED) is 0.484. The van der Waals surface area contributed by atoms with Crippen molar-refractivity contribution in [2.24, 2.45) is 5.92 Å². The van der Waals surface area contributed by atoms with Gasteiger partial charge in [0.25, 0.3) is 0 Å². The zero-order valence-corrected chi connectivity index (χ0v) is 18.9. The third-order valence-electron chi connectivity index (χ3n) is 4.40. The fourth-order valence-corrected chi connectivity index (χ4v) is 3.78. The molecule has 31 heavy (non-hydrogen) atoms. The first kappa shape index (κ1) is 24.6. The molecule has 7 nitrogen and oxygen atoms in total. The monoisotopic (exact) mass is 453 g/mol. The number of carbonyl (C=O) groups is 1. The second kappa shape index (κ2) is 11.1. The van der Waals surface area contributed by atoms with Crippen molar-refractivity contribution in [3.63, 3.8) is 0 Å². The van der Waals surface area contributed by atoms with Gasteiger partial charge in [-0.3, -0.25) is 4.79 Å². The third kappa shape index (κ3) is 7.22. The first-order chi connectivity index (χ1) is 14.7. The van der Waals surface area contributed by atoms with Gasteiger partial charge in [-0.15, -0.1) is 0 Å². The van der Waals surface area contributed by atoms with Crippen molar-refractivity contribution in [3.05, 3.63) is 53.8 Å². The number of hydrogen-bond donors (Lipinski definition) is 0. The average molecular weight is 454 g/mol. The molecule has 1 amide bonds. The lowest BCUT2D eigenvalue weighted by Gasteiger charge is -2.24. The lowest BCUT2D eigenvalue weighted by atomic mass is 10.1. The summed E-state index contributed by atoms with van der Waals surface area (Å²) in [5.74, 6) is -0.183. The van der Waals surface area contributed by atoms with Crippen LogP contribution < -0.4 is 8.92 Å². The highest BCUT2D eigenvalue weighted by molar-refractivity contribution is 7.87. The van der Waals surface area contributed by atoms with Crippen LogP contribution in [0.2, 0.25) is 0 Å². The molecule has 170 valence electrons. The van der Waals surface area contributed by atoms with Crippen molar-refractivity contribution in [1.82, 2.24) is 4.90 Å². The van der Waals surface area contributed by atoms with E-state index in [9.17, 15) is 17.6 Å². The van der Waals surface area contributed by atoms with Gasteiger partial charge in [0, 0.05) is 26.6 Å². The Morgan fingerprint density at radius 1 is 1.06 bits per heavy atom. The molecule has 0 fully saturated rings. The van der Waals surface area contributed by atoms with Crippen LogP contribution in [0.15, 0.2) is 47.4 Å². The lowest BCUT2D eigenvalue weighted by molar-refractivity contribution is -0.133. The third-order valence-corrected chi connectivity index (χ3v) is 5.65. The molecule has 0 aliphatic rings. The van der Waals surface area contributed by atoms with Crippen LogP contribution in [-0.4, -0.2) is 46.6 Å². The van der Waals surface area contributed by atoms with Crippen LogP contribution in [0.1, 0.15) is 25.8 Å². The second-order valence-corrected chi connectivity index (χ2v) is 8.93. The number of benzene rings is 2. The maximum Gasteiger partial charge on any atom is 0.339 e. The zero-order valence-electron chi connectivity index (χ0n) is 18.1. The minimum Gasteiger partial charge on any atom is -0.493 e. The Hall–Kier alpha value is -2.65. The molecule has 0 radical (unpaired) electrons. The Kier molecular flexibility index (Phi) is 8.82. The van der Waals surface area contributed by atoms with Crippen LogP contribution in [-0.2, 0) is 26.2 Å². The fourth-order valence-electron chi connectivity index (χ4n) is 2.84. The Bertz CT molecular complexity index is 976. The van der Waals surface area contributed by atoms with Gasteiger partial charge in [0.1, 0.15) is 10.7 Å². The molecule has 0 spiro atoms. The molecule has 0 saturated carbocycles. The smallest absolute Gasteiger partial charge is 0.339 e. The minimum atomic E-state index is -4.20. The van der Waals surface area contributed by atoms with Crippen LogP contribution in [0.4, 0.5) is 4.39 Å². The van der Waals surface area contributed by atoms with E-state index in [1.165, 1.54) is 13.2 Å². The van der Waals surface area contributed by atoms with Gasteiger partial charge in [0.05, 0.1) is 13.7 Å². The summed E-state index contributed by atoms with van der Waals surface area (Å²) in [5.41, 5.74) is 0.665. The van der Waals surface area contributed by atoms with Gasteiger partial charge >= 0.3 is 10.1 Å². The molecule has 2 aromatic rings. The molecule has 0 N–H and O–H groups in total. The molecule has 2 aromatic carbocycles. The fraction of sp³-hybridized carbons (Fsp3) is 0.409. The number of halogens is 1. The summed E-state index contributed by atoms with van der Waals surface area (Å²) in [5, 5.41) is 0. The van der Waals surface area contributed by atoms with Gasteiger partial charge in [-0.25, -0.2) is 4.39 Å². The van der Waals surface area contributed by atoms with Gasteiger partial charge in [0.2, 0.25) is 5.91 Å². The molecule has 0 heterocycles. The summed E-state index contributed by atoms with van der Waals surface area (Å²) in [6.45, 7) is 4.96. The molecular formula is C22H28FNO6S. The summed E-state index contributed by atoms with van der Waals surface area (Å²) in [4.78, 5) is 14.1. The molecule has 0 bridgehead atoms. The highest BCUT2D eigenvalue weighted by atomic mass is 32.2. The zero-order chi connectivity index (χ0) is 23.0. The van der Waals surface area contributed by atoms with E-state index in [1.54, 1.807) is 24.1 Å². The van der Waals surface area contributed by atoms with Crippen LogP contribution in [0.5, 0.6) is 11.5 Å². The van der Waals surface area contributed by atoms with Crippen LogP contribution in [0.25, 0.3) is 0 Å². The summed E-state index contributed by atoms with van der Waals surface area (Å²) in [6, 6.07) is 9.15. The van der Waals surface area contributed by atoms with E-state index in [0.29, 0.717) is 25.1 Å². The van der Waals surface area contributed by atoms with Crippen molar-refractivity contribution in [3.8, 4) is 11.5 Å². The first-order valence-electron chi connectivity index (χ1n) is 9.80. The molecule has 0 aliphatic carbocycles. The van der Waals surface area contributed by atoms with E-state index < -0.39 is 15.9 Å². The van der Waals surface area contributed by atoms with E-state index in [2.05, 4.69) is 0 Å². The number of amides is 1. The van der Waals surface area contributed by atoms with Gasteiger partial charge in [-0.1, -0.05) is 19.9 Å². The van der Waals surface area contributed by atoms with Crippen molar-refractivity contribution in [2.75, 3.05) is 27.4 Å². The molecule has 2 rings (SSSR count). The number of methoxy groups -OCH3 is 2. The number of ether oxygens (including phenoxy) is 2. The number of carbonyl (C=O) groups excluding carboxylic acids is 1. The van der Waals surface area contributed by atoms with Gasteiger partial charge in [-0.2, -0.15) is 8.42 Å². The van der Waals surface area contributed by atoms with E-state index in [4.69, 9.17) is 13.7 Å². The molecule has 0 saturated heterocycles. The maximum absolute atomic E-state index is 13.1. The summed E-state index contributed by atoms with van der Waals surface area (Å²) >= 11 is 0. The van der Waals surface area contributed by atoms with E-state index >= 15 is 0 Å². The van der Waals surface area contributed by atoms with Crippen LogP contribution in [0.3, 0.4) is 0 Å². The van der Waals surface area contributed by atoms with E-state index in [-0.39, 0.29) is 34.8 Å². The largest absolute Gasteiger partial charge is 0.493 e. The average Bonchev–Trinajstić information content (AvgIpc) is 2.70. The molecule has 0 unspecified atom stereocenters. The van der Waals surface area contributed by atoms with Gasteiger partial charge in [-0.05, 0) is 47.9 Å². The normalized spacial score (nSPS) is 11.4. The SMILES string of the molecule is COCCN(Cc1ccc(OC)c(OS(=O)(=O)c2ccc(F)cc2)c1)C(=O)CC(C)C. The van der Waals surface area contributed by atoms with Gasteiger partial charge in [0.15, 0.2) is 11.5 Å². The Morgan fingerprint density at radius 3 is 2.32 bits per heavy atom. The summed E-state index contributed by atoms with van der Waals surface area (Å²) in [7, 11) is -1.25. The molecular weight excluding hydrogens is 425 g/mol. The number of rotatable bonds is 11. The highest BCUT2D eigenvalue weighted by Gasteiger charge is 2.21. The predicted molar refractivity (Wildman–Crippen MR) is 114 cm³/mol. The highest BCUT2D eigenvalue weighted by Crippen LogP contribution is 2.31. The summed E-state index contributed by atoms with van der Waals surface area (Å²) in [6.07, 6.45) is 0.391. The van der Waals surface area contributed by atoms with Crippen molar-refractivity contribution in [1.29, 1.82) is 0 Å². The lowest BCUT2D eigenvalue weighted by Crippen LogP contribution is -2.34. The molecule has 0 aliphatic heterocycles. The topological polar surface area (TPSA) is 82.1 Å². The Morgan fingerprint density at radius 2 is 1.74 bits per heavy atom. The Balaban J connectivity index is 2.29. The van der Waals surface area contributed by atoms with Gasteiger partial charge < -0.3 is 18.6 Å². The number of nitrogens with zero attached hydrogens (tertiary/aromatic N) is 1. The van der Waals surface area contributed by atoms with Crippen molar-refractivity contribution < 1.29 is 31.3 Å². The predicted octanol–water partition coefficient (Wildman–Crippen LogP) is 3.62. The van der Waals surface area contributed by atoms with Crippen molar-refractivity contribution >= 4 is 16.0 Å². The van der Waals surface area contributed by atoms with Crippen LogP contribution >= 0.6 is 0 Å². The second-order valence-electron chi connectivity index (χ2n) is 7.38. The van der Waals surface area contributed by atoms with E-state index in [0.717, 1.165) is 24.3 Å². The molecule has 9 heteroatoms. The molecule has 0 atom stereocenters. The summed E-state index contributed by atoms with van der Waals surface area (Å²) < 4.78 is 53.9. The van der Waals surface area contributed by atoms with Crippen LogP contribution in [0, 0.1) is 11.7 Å². The minimum absolute atomic E-state index is 0.0210. The first-order valence-corrected chi connectivity index (χ1v) is 11.2. The van der Waals surface area contributed by atoms with Crippen molar-refractivity contribution in [2.45, 2.75) is 31.7 Å². The molecule has 0 aromatic heterocycles. The van der Waals surface area contributed by atoms with E-state index in [1.807, 2.05) is 13.8 Å².